The zero-order chi connectivity index (χ0) is 12.7. The van der Waals surface area contributed by atoms with E-state index in [0.29, 0.717) is 12.5 Å². The lowest BCUT2D eigenvalue weighted by molar-refractivity contribution is 0.195. The van der Waals surface area contributed by atoms with Gasteiger partial charge in [-0.15, -0.1) is 0 Å². The molecule has 96 valence electrons. The van der Waals surface area contributed by atoms with Gasteiger partial charge >= 0.3 is 0 Å². The highest BCUT2D eigenvalue weighted by molar-refractivity contribution is 5.36. The summed E-state index contributed by atoms with van der Waals surface area (Å²) < 4.78 is 6.03. The standard InChI is InChI=1S/C15H25NO/c1-4-8-13(11-16)17-15-10-7-6-9-14(15)12(3)5-2/h6-7,9-10,12-13H,4-5,8,11,16H2,1-3H3. The van der Waals surface area contributed by atoms with Crippen molar-refractivity contribution in [1.29, 1.82) is 0 Å². The molecule has 0 amide bonds. The van der Waals surface area contributed by atoms with Crippen molar-refractivity contribution in [3.8, 4) is 5.75 Å². The van der Waals surface area contributed by atoms with Crippen molar-refractivity contribution >= 4 is 0 Å². The lowest BCUT2D eigenvalue weighted by Crippen LogP contribution is -2.26. The van der Waals surface area contributed by atoms with E-state index in [9.17, 15) is 0 Å². The maximum Gasteiger partial charge on any atom is 0.123 e. The van der Waals surface area contributed by atoms with Crippen LogP contribution < -0.4 is 10.5 Å². The normalized spacial score (nSPS) is 14.4. The summed E-state index contributed by atoms with van der Waals surface area (Å²) >= 11 is 0. The van der Waals surface area contributed by atoms with Crippen LogP contribution in [-0.4, -0.2) is 12.6 Å². The van der Waals surface area contributed by atoms with Crippen molar-refractivity contribution in [2.24, 2.45) is 5.73 Å². The summed E-state index contributed by atoms with van der Waals surface area (Å²) in [4.78, 5) is 0. The molecule has 2 unspecified atom stereocenters. The zero-order valence-corrected chi connectivity index (χ0v) is 11.3. The molecule has 0 spiro atoms. The van der Waals surface area contributed by atoms with Gasteiger partial charge < -0.3 is 10.5 Å². The molecule has 0 fully saturated rings. The van der Waals surface area contributed by atoms with E-state index >= 15 is 0 Å². The first-order valence-electron chi connectivity index (χ1n) is 6.68. The molecule has 17 heavy (non-hydrogen) atoms. The average molecular weight is 235 g/mol. The molecule has 2 nitrogen and oxygen atoms in total. The molecule has 0 saturated heterocycles. The van der Waals surface area contributed by atoms with Gasteiger partial charge in [-0.2, -0.15) is 0 Å². The van der Waals surface area contributed by atoms with Crippen molar-refractivity contribution < 1.29 is 4.74 Å². The summed E-state index contributed by atoms with van der Waals surface area (Å²) in [5, 5.41) is 0. The third kappa shape index (κ3) is 4.04. The molecule has 2 atom stereocenters. The van der Waals surface area contributed by atoms with Gasteiger partial charge in [0.25, 0.3) is 0 Å². The minimum Gasteiger partial charge on any atom is -0.489 e. The summed E-state index contributed by atoms with van der Waals surface area (Å²) in [5.41, 5.74) is 7.04. The Hall–Kier alpha value is -1.02. The molecule has 0 aliphatic carbocycles. The molecule has 0 aliphatic heterocycles. The first-order chi connectivity index (χ1) is 8.22. The number of benzene rings is 1. The Kier molecular flexibility index (Phi) is 6.06. The van der Waals surface area contributed by atoms with E-state index in [1.807, 2.05) is 6.07 Å². The van der Waals surface area contributed by atoms with Gasteiger partial charge in [-0.25, -0.2) is 0 Å². The minimum atomic E-state index is 0.144. The predicted molar refractivity (Wildman–Crippen MR) is 73.5 cm³/mol. The van der Waals surface area contributed by atoms with Crippen LogP contribution in [0, 0.1) is 0 Å². The number of rotatable bonds is 7. The predicted octanol–water partition coefficient (Wildman–Crippen LogP) is 3.71. The fourth-order valence-corrected chi connectivity index (χ4v) is 1.94. The maximum absolute atomic E-state index is 6.03. The molecule has 0 saturated carbocycles. The van der Waals surface area contributed by atoms with Gasteiger partial charge in [0, 0.05) is 6.54 Å². The third-order valence-corrected chi connectivity index (χ3v) is 3.23. The molecule has 0 aromatic heterocycles. The smallest absolute Gasteiger partial charge is 0.123 e. The fourth-order valence-electron chi connectivity index (χ4n) is 1.94. The first kappa shape index (κ1) is 14.0. The summed E-state index contributed by atoms with van der Waals surface area (Å²) in [6, 6.07) is 8.31. The molecule has 1 aromatic carbocycles. The van der Waals surface area contributed by atoms with Crippen molar-refractivity contribution in [2.75, 3.05) is 6.54 Å². The molecule has 1 aromatic rings. The van der Waals surface area contributed by atoms with Crippen LogP contribution in [0.4, 0.5) is 0 Å². The van der Waals surface area contributed by atoms with Gasteiger partial charge in [0.15, 0.2) is 0 Å². The second-order valence-corrected chi connectivity index (χ2v) is 4.61. The Bertz CT molecular complexity index is 324. The van der Waals surface area contributed by atoms with Gasteiger partial charge in [0.05, 0.1) is 0 Å². The Labute approximate surface area is 105 Å². The van der Waals surface area contributed by atoms with Crippen molar-refractivity contribution in [3.63, 3.8) is 0 Å². The van der Waals surface area contributed by atoms with Crippen LogP contribution >= 0.6 is 0 Å². The van der Waals surface area contributed by atoms with E-state index in [2.05, 4.69) is 39.0 Å². The highest BCUT2D eigenvalue weighted by atomic mass is 16.5. The number of hydrogen-bond donors (Lipinski definition) is 1. The highest BCUT2D eigenvalue weighted by Crippen LogP contribution is 2.29. The molecular formula is C15H25NO. The lowest BCUT2D eigenvalue weighted by Gasteiger charge is -2.21. The quantitative estimate of drug-likeness (QED) is 0.782. The Morgan fingerprint density at radius 2 is 1.94 bits per heavy atom. The molecule has 0 heterocycles. The molecule has 0 radical (unpaired) electrons. The molecular weight excluding hydrogens is 210 g/mol. The molecule has 2 N–H and O–H groups in total. The fraction of sp³-hybridized carbons (Fsp3) is 0.600. The summed E-state index contributed by atoms with van der Waals surface area (Å²) in [5.74, 6) is 1.54. The summed E-state index contributed by atoms with van der Waals surface area (Å²) in [6.45, 7) is 7.18. The van der Waals surface area contributed by atoms with Crippen molar-refractivity contribution in [1.82, 2.24) is 0 Å². The van der Waals surface area contributed by atoms with E-state index < -0.39 is 0 Å². The molecule has 1 rings (SSSR count). The number of hydrogen-bond acceptors (Lipinski definition) is 2. The van der Waals surface area contributed by atoms with E-state index in [1.54, 1.807) is 0 Å². The van der Waals surface area contributed by atoms with E-state index in [0.717, 1.165) is 25.0 Å². The van der Waals surface area contributed by atoms with E-state index in [1.165, 1.54) is 5.56 Å². The van der Waals surface area contributed by atoms with Crippen LogP contribution in [0.3, 0.4) is 0 Å². The Morgan fingerprint density at radius 1 is 1.24 bits per heavy atom. The number of para-hydroxylation sites is 1. The van der Waals surface area contributed by atoms with Gasteiger partial charge in [0.2, 0.25) is 0 Å². The second-order valence-electron chi connectivity index (χ2n) is 4.61. The monoisotopic (exact) mass is 235 g/mol. The Morgan fingerprint density at radius 3 is 2.53 bits per heavy atom. The SMILES string of the molecule is CCCC(CN)Oc1ccccc1C(C)CC. The molecule has 0 aliphatic rings. The van der Waals surface area contributed by atoms with Crippen molar-refractivity contribution in [2.45, 2.75) is 52.1 Å². The first-order valence-corrected chi connectivity index (χ1v) is 6.68. The lowest BCUT2D eigenvalue weighted by atomic mass is 9.98. The second kappa shape index (κ2) is 7.33. The number of nitrogens with two attached hydrogens (primary N) is 1. The number of ether oxygens (including phenoxy) is 1. The van der Waals surface area contributed by atoms with Gasteiger partial charge in [-0.3, -0.25) is 0 Å². The van der Waals surface area contributed by atoms with Crippen LogP contribution in [0.2, 0.25) is 0 Å². The average Bonchev–Trinajstić information content (AvgIpc) is 2.38. The molecule has 0 bridgehead atoms. The van der Waals surface area contributed by atoms with Gasteiger partial charge in [-0.1, -0.05) is 45.4 Å². The molecule has 2 heteroatoms. The largest absolute Gasteiger partial charge is 0.489 e. The Balaban J connectivity index is 2.81. The van der Waals surface area contributed by atoms with E-state index in [4.69, 9.17) is 10.5 Å². The third-order valence-electron chi connectivity index (χ3n) is 3.23. The van der Waals surface area contributed by atoms with E-state index in [-0.39, 0.29) is 6.10 Å². The van der Waals surface area contributed by atoms with Crippen LogP contribution in [0.1, 0.15) is 51.5 Å². The maximum atomic E-state index is 6.03. The van der Waals surface area contributed by atoms with Gasteiger partial charge in [0.1, 0.15) is 11.9 Å². The topological polar surface area (TPSA) is 35.2 Å². The summed E-state index contributed by atoms with van der Waals surface area (Å²) in [7, 11) is 0. The van der Waals surface area contributed by atoms with Crippen molar-refractivity contribution in [3.05, 3.63) is 29.8 Å². The van der Waals surface area contributed by atoms with Crippen LogP contribution in [0.25, 0.3) is 0 Å². The van der Waals surface area contributed by atoms with Gasteiger partial charge in [-0.05, 0) is 30.4 Å². The van der Waals surface area contributed by atoms with Crippen LogP contribution in [-0.2, 0) is 0 Å². The highest BCUT2D eigenvalue weighted by Gasteiger charge is 2.13. The minimum absolute atomic E-state index is 0.144. The van der Waals surface area contributed by atoms with Crippen LogP contribution in [0.15, 0.2) is 24.3 Å². The summed E-state index contributed by atoms with van der Waals surface area (Å²) in [6.07, 6.45) is 3.39. The zero-order valence-electron chi connectivity index (χ0n) is 11.3. The van der Waals surface area contributed by atoms with Crippen LogP contribution in [0.5, 0.6) is 5.75 Å².